The summed E-state index contributed by atoms with van der Waals surface area (Å²) in [5.41, 5.74) is 3.28. The SMILES string of the molecule is COc1ccc(C(=O)c2cnc3ccccc3c2N2CCCCC2)cc1. The highest BCUT2D eigenvalue weighted by atomic mass is 16.5. The molecule has 132 valence electrons. The van der Waals surface area contributed by atoms with Crippen molar-refractivity contribution in [3.05, 3.63) is 65.9 Å². The lowest BCUT2D eigenvalue weighted by Crippen LogP contribution is -2.31. The van der Waals surface area contributed by atoms with Crippen LogP contribution in [0, 0.1) is 0 Å². The molecular formula is C22H22N2O2. The van der Waals surface area contributed by atoms with Gasteiger partial charge in [-0.25, -0.2) is 0 Å². The number of pyridine rings is 1. The first-order chi connectivity index (χ1) is 12.8. The maximum atomic E-state index is 13.2. The van der Waals surface area contributed by atoms with Gasteiger partial charge >= 0.3 is 0 Å². The summed E-state index contributed by atoms with van der Waals surface area (Å²) in [4.78, 5) is 20.1. The van der Waals surface area contributed by atoms with Crippen molar-refractivity contribution < 1.29 is 9.53 Å². The molecule has 0 amide bonds. The molecule has 2 heterocycles. The van der Waals surface area contributed by atoms with E-state index in [4.69, 9.17) is 4.74 Å². The van der Waals surface area contributed by atoms with E-state index in [1.165, 1.54) is 6.42 Å². The van der Waals surface area contributed by atoms with Crippen molar-refractivity contribution in [2.75, 3.05) is 25.1 Å². The minimum Gasteiger partial charge on any atom is -0.497 e. The van der Waals surface area contributed by atoms with Gasteiger partial charge < -0.3 is 9.64 Å². The molecule has 3 aromatic rings. The van der Waals surface area contributed by atoms with Gasteiger partial charge in [0.1, 0.15) is 5.75 Å². The molecule has 0 radical (unpaired) electrons. The second-order valence-corrected chi connectivity index (χ2v) is 6.64. The molecule has 0 atom stereocenters. The van der Waals surface area contributed by atoms with Gasteiger partial charge in [-0.05, 0) is 49.6 Å². The molecule has 0 N–H and O–H groups in total. The normalized spacial score (nSPS) is 14.4. The van der Waals surface area contributed by atoms with Crippen LogP contribution >= 0.6 is 0 Å². The quantitative estimate of drug-likeness (QED) is 0.654. The van der Waals surface area contributed by atoms with Crippen molar-refractivity contribution in [2.24, 2.45) is 0 Å². The Morgan fingerprint density at radius 2 is 1.73 bits per heavy atom. The Morgan fingerprint density at radius 3 is 2.46 bits per heavy atom. The van der Waals surface area contributed by atoms with Gasteiger partial charge in [0.25, 0.3) is 0 Å². The standard InChI is InChI=1S/C22H22N2O2/c1-26-17-11-9-16(10-12-17)22(25)19-15-23-20-8-4-3-7-18(20)21(19)24-13-5-2-6-14-24/h3-4,7-12,15H,2,5-6,13-14H2,1H3. The number of anilines is 1. The average Bonchev–Trinajstić information content (AvgIpc) is 2.73. The lowest BCUT2D eigenvalue weighted by Gasteiger charge is -2.31. The van der Waals surface area contributed by atoms with Crippen molar-refractivity contribution in [3.8, 4) is 5.75 Å². The molecule has 2 aromatic carbocycles. The Kier molecular flexibility index (Phi) is 4.57. The number of hydrogen-bond donors (Lipinski definition) is 0. The second-order valence-electron chi connectivity index (χ2n) is 6.64. The van der Waals surface area contributed by atoms with Crippen LogP contribution in [0.15, 0.2) is 54.7 Å². The molecular weight excluding hydrogens is 324 g/mol. The predicted molar refractivity (Wildman–Crippen MR) is 104 cm³/mol. The highest BCUT2D eigenvalue weighted by Crippen LogP contribution is 2.33. The summed E-state index contributed by atoms with van der Waals surface area (Å²) in [6, 6.07) is 15.3. The predicted octanol–water partition coefficient (Wildman–Crippen LogP) is 4.46. The Balaban J connectivity index is 1.83. The van der Waals surface area contributed by atoms with Crippen molar-refractivity contribution in [3.63, 3.8) is 0 Å². The van der Waals surface area contributed by atoms with Crippen LogP contribution in [-0.2, 0) is 0 Å². The molecule has 0 bridgehead atoms. The highest BCUT2D eigenvalue weighted by Gasteiger charge is 2.22. The topological polar surface area (TPSA) is 42.4 Å². The summed E-state index contributed by atoms with van der Waals surface area (Å²) >= 11 is 0. The Hall–Kier alpha value is -2.88. The number of methoxy groups -OCH3 is 1. The number of rotatable bonds is 4. The van der Waals surface area contributed by atoms with E-state index in [0.717, 1.165) is 48.3 Å². The van der Waals surface area contributed by atoms with Crippen molar-refractivity contribution >= 4 is 22.4 Å². The van der Waals surface area contributed by atoms with Crippen LogP contribution in [0.1, 0.15) is 35.2 Å². The van der Waals surface area contributed by atoms with E-state index in [-0.39, 0.29) is 5.78 Å². The van der Waals surface area contributed by atoms with Crippen LogP contribution in [0.4, 0.5) is 5.69 Å². The fourth-order valence-electron chi connectivity index (χ4n) is 3.65. The molecule has 1 aromatic heterocycles. The van der Waals surface area contributed by atoms with Crippen molar-refractivity contribution in [1.82, 2.24) is 4.98 Å². The molecule has 1 fully saturated rings. The third-order valence-electron chi connectivity index (χ3n) is 5.02. The van der Waals surface area contributed by atoms with E-state index < -0.39 is 0 Å². The first kappa shape index (κ1) is 16.6. The minimum atomic E-state index is 0.00600. The van der Waals surface area contributed by atoms with Crippen molar-refractivity contribution in [1.29, 1.82) is 0 Å². The van der Waals surface area contributed by atoms with Crippen LogP contribution in [0.3, 0.4) is 0 Å². The maximum Gasteiger partial charge on any atom is 0.196 e. The van der Waals surface area contributed by atoms with Crippen molar-refractivity contribution in [2.45, 2.75) is 19.3 Å². The first-order valence-electron chi connectivity index (χ1n) is 9.09. The largest absolute Gasteiger partial charge is 0.497 e. The smallest absolute Gasteiger partial charge is 0.196 e. The van der Waals surface area contributed by atoms with Crippen LogP contribution < -0.4 is 9.64 Å². The number of ether oxygens (including phenoxy) is 1. The zero-order chi connectivity index (χ0) is 17.9. The molecule has 1 aliphatic rings. The second kappa shape index (κ2) is 7.16. The van der Waals surface area contributed by atoms with Crippen LogP contribution in [0.5, 0.6) is 5.75 Å². The Bertz CT molecular complexity index is 929. The number of hydrogen-bond acceptors (Lipinski definition) is 4. The maximum absolute atomic E-state index is 13.2. The molecule has 4 nitrogen and oxygen atoms in total. The molecule has 0 unspecified atom stereocenters. The first-order valence-corrected chi connectivity index (χ1v) is 9.09. The Labute approximate surface area is 153 Å². The number of carbonyl (C=O) groups excluding carboxylic acids is 1. The van der Waals surface area contributed by atoms with Gasteiger partial charge in [0.2, 0.25) is 0 Å². The third kappa shape index (κ3) is 3.03. The number of para-hydroxylation sites is 1. The van der Waals surface area contributed by atoms with Gasteiger partial charge in [0, 0.05) is 30.2 Å². The van der Waals surface area contributed by atoms with E-state index >= 15 is 0 Å². The Morgan fingerprint density at radius 1 is 1.00 bits per heavy atom. The van der Waals surface area contributed by atoms with Crippen LogP contribution in [-0.4, -0.2) is 31.0 Å². The molecule has 26 heavy (non-hydrogen) atoms. The zero-order valence-electron chi connectivity index (χ0n) is 14.9. The number of piperidine rings is 1. The van der Waals surface area contributed by atoms with Gasteiger partial charge in [-0.2, -0.15) is 0 Å². The van der Waals surface area contributed by atoms with E-state index in [2.05, 4.69) is 16.0 Å². The summed E-state index contributed by atoms with van der Waals surface area (Å²) in [5.74, 6) is 0.751. The molecule has 1 saturated heterocycles. The molecule has 0 spiro atoms. The summed E-state index contributed by atoms with van der Waals surface area (Å²) in [5, 5.41) is 1.05. The molecule has 0 aliphatic carbocycles. The van der Waals surface area contributed by atoms with Crippen LogP contribution in [0.2, 0.25) is 0 Å². The van der Waals surface area contributed by atoms with Crippen LogP contribution in [0.25, 0.3) is 10.9 Å². The van der Waals surface area contributed by atoms with Gasteiger partial charge in [-0.1, -0.05) is 18.2 Å². The number of aromatic nitrogens is 1. The summed E-state index contributed by atoms with van der Waals surface area (Å²) in [6.45, 7) is 1.97. The van der Waals surface area contributed by atoms with E-state index in [1.54, 1.807) is 13.3 Å². The third-order valence-corrected chi connectivity index (χ3v) is 5.02. The fourth-order valence-corrected chi connectivity index (χ4v) is 3.65. The minimum absolute atomic E-state index is 0.00600. The monoisotopic (exact) mass is 346 g/mol. The summed E-state index contributed by atoms with van der Waals surface area (Å²) in [7, 11) is 1.62. The summed E-state index contributed by atoms with van der Waals surface area (Å²) < 4.78 is 5.20. The van der Waals surface area contributed by atoms with Gasteiger partial charge in [0.15, 0.2) is 5.78 Å². The van der Waals surface area contributed by atoms with Gasteiger partial charge in [-0.3, -0.25) is 9.78 Å². The van der Waals surface area contributed by atoms with Gasteiger partial charge in [0.05, 0.1) is 23.9 Å². The lowest BCUT2D eigenvalue weighted by molar-refractivity contribution is 0.103. The average molecular weight is 346 g/mol. The number of carbonyl (C=O) groups is 1. The summed E-state index contributed by atoms with van der Waals surface area (Å²) in [6.07, 6.45) is 5.31. The van der Waals surface area contributed by atoms with E-state index in [9.17, 15) is 4.79 Å². The molecule has 4 rings (SSSR count). The zero-order valence-corrected chi connectivity index (χ0v) is 14.9. The molecule has 1 aliphatic heterocycles. The molecule has 4 heteroatoms. The number of fused-ring (bicyclic) bond motifs is 1. The van der Waals surface area contributed by atoms with Gasteiger partial charge in [-0.15, -0.1) is 0 Å². The lowest BCUT2D eigenvalue weighted by atomic mass is 9.98. The highest BCUT2D eigenvalue weighted by molar-refractivity contribution is 6.16. The fraction of sp³-hybridized carbons (Fsp3) is 0.273. The number of ketones is 1. The van der Waals surface area contributed by atoms with E-state index in [1.807, 2.05) is 42.5 Å². The number of nitrogens with zero attached hydrogens (tertiary/aromatic N) is 2. The number of benzene rings is 2. The van der Waals surface area contributed by atoms with E-state index in [0.29, 0.717) is 11.1 Å². The molecule has 0 saturated carbocycles.